The molecule has 0 amide bonds. The Morgan fingerprint density at radius 2 is 1.39 bits per heavy atom. The topological polar surface area (TPSA) is 207 Å². The number of hydrogen-bond donors (Lipinski definition) is 6. The van der Waals surface area contributed by atoms with Gasteiger partial charge in [-0.15, -0.1) is 0 Å². The molecule has 0 saturated heterocycles. The van der Waals surface area contributed by atoms with Crippen LogP contribution in [-0.2, 0) is 31.5 Å². The number of sulfone groups is 1. The maximum Gasteiger partial charge on any atom is 0.339 e. The molecule has 0 aliphatic heterocycles. The molecule has 2 aromatic carbocycles. The number of rotatable bonds is 6. The lowest BCUT2D eigenvalue weighted by atomic mass is 10.1. The molecule has 2 rings (SSSR count). The monoisotopic (exact) mass is 434 g/mol. The van der Waals surface area contributed by atoms with Gasteiger partial charge in [0.25, 0.3) is 10.1 Å². The zero-order valence-electron chi connectivity index (χ0n) is 13.8. The average Bonchev–Trinajstić information content (AvgIpc) is 2.51. The predicted octanol–water partition coefficient (Wildman–Crippen LogP) is 0.569. The molecule has 0 aliphatic rings. The molecule has 0 bridgehead atoms. The van der Waals surface area contributed by atoms with Crippen LogP contribution in [-0.4, -0.2) is 52.9 Å². The first kappa shape index (κ1) is 21.3. The van der Waals surface area contributed by atoms with Crippen LogP contribution >= 0.6 is 0 Å². The van der Waals surface area contributed by atoms with Crippen molar-refractivity contribution in [2.24, 2.45) is 0 Å². The number of carboxylic acids is 1. The number of benzene rings is 2. The van der Waals surface area contributed by atoms with E-state index in [9.17, 15) is 42.1 Å². The molecular weight excluding hydrogens is 420 g/mol. The van der Waals surface area contributed by atoms with Gasteiger partial charge in [-0.25, -0.2) is 13.2 Å². The highest BCUT2D eigenvalue weighted by atomic mass is 32.2. The van der Waals surface area contributed by atoms with E-state index in [4.69, 9.17) is 9.66 Å². The van der Waals surface area contributed by atoms with E-state index >= 15 is 0 Å². The van der Waals surface area contributed by atoms with Crippen molar-refractivity contribution in [2.75, 3.05) is 0 Å². The van der Waals surface area contributed by atoms with E-state index in [0.717, 1.165) is 12.1 Å². The van der Waals surface area contributed by atoms with E-state index in [-0.39, 0.29) is 5.56 Å². The van der Waals surface area contributed by atoms with Crippen molar-refractivity contribution in [2.45, 2.75) is 16.4 Å². The van der Waals surface area contributed by atoms with Gasteiger partial charge in [-0.2, -0.15) is 8.42 Å². The van der Waals surface area contributed by atoms with Crippen LogP contribution in [0.25, 0.3) is 0 Å². The third kappa shape index (κ3) is 4.62. The Balaban J connectivity index is 2.42. The minimum Gasteiger partial charge on any atom is -0.508 e. The largest absolute Gasteiger partial charge is 0.508 e. The van der Waals surface area contributed by atoms with Crippen LogP contribution in [0.2, 0.25) is 0 Å². The van der Waals surface area contributed by atoms with Gasteiger partial charge in [0.2, 0.25) is 0 Å². The summed E-state index contributed by atoms with van der Waals surface area (Å²) in [4.78, 5) is 9.79. The zero-order chi connectivity index (χ0) is 21.4. The summed E-state index contributed by atoms with van der Waals surface area (Å²) in [6, 6.07) is 2.69. The van der Waals surface area contributed by atoms with E-state index in [1.54, 1.807) is 0 Å². The van der Waals surface area contributed by atoms with Crippen molar-refractivity contribution in [1.29, 1.82) is 0 Å². The molecule has 2 aromatic rings. The van der Waals surface area contributed by atoms with Crippen molar-refractivity contribution in [1.82, 2.24) is 0 Å². The fourth-order valence-electron chi connectivity index (χ4n) is 2.39. The molecule has 6 N–H and O–H groups in total. The normalized spacial score (nSPS) is 12.0. The summed E-state index contributed by atoms with van der Waals surface area (Å²) in [7, 11) is -9.18. The first-order chi connectivity index (χ1) is 12.7. The molecule has 0 saturated carbocycles. The predicted molar refractivity (Wildman–Crippen MR) is 92.6 cm³/mol. The van der Waals surface area contributed by atoms with Crippen molar-refractivity contribution in [3.8, 4) is 23.0 Å². The van der Waals surface area contributed by atoms with Crippen LogP contribution < -0.4 is 0 Å². The zero-order valence-corrected chi connectivity index (χ0v) is 15.4. The maximum absolute atomic E-state index is 12.4. The first-order valence-corrected chi connectivity index (χ1v) is 10.5. The molecule has 152 valence electrons. The summed E-state index contributed by atoms with van der Waals surface area (Å²) in [5.74, 6) is -6.80. The number of aromatic hydroxyl groups is 4. The van der Waals surface area contributed by atoms with E-state index in [1.807, 2.05) is 0 Å². The average molecular weight is 434 g/mol. The Hall–Kier alpha value is -3.03. The van der Waals surface area contributed by atoms with Gasteiger partial charge in [0, 0.05) is 17.2 Å². The van der Waals surface area contributed by atoms with Crippen LogP contribution in [0, 0.1) is 0 Å². The second-order valence-electron chi connectivity index (χ2n) is 5.76. The fourth-order valence-corrected chi connectivity index (χ4v) is 4.53. The molecule has 0 spiro atoms. The van der Waals surface area contributed by atoms with Gasteiger partial charge in [-0.05, 0) is 18.2 Å². The molecule has 0 aliphatic carbocycles. The summed E-state index contributed by atoms with van der Waals surface area (Å²) < 4.78 is 56.2. The smallest absolute Gasteiger partial charge is 0.339 e. The van der Waals surface area contributed by atoms with Gasteiger partial charge in [-0.1, -0.05) is 0 Å². The third-order valence-electron chi connectivity index (χ3n) is 3.59. The standard InChI is InChI=1S/C15H14O11S2/c16-9-1-8(14(19)13(3-9)28(24,25)26)6-27(22,23)5-7-2-12(18)10(15(20)21)4-11(7)17/h1-4,16-19H,5-6H2,(H,20,21)(H,24,25,26). The first-order valence-electron chi connectivity index (χ1n) is 7.22. The highest BCUT2D eigenvalue weighted by molar-refractivity contribution is 7.89. The maximum atomic E-state index is 12.4. The lowest BCUT2D eigenvalue weighted by Gasteiger charge is -2.11. The molecule has 0 unspecified atom stereocenters. The van der Waals surface area contributed by atoms with Crippen molar-refractivity contribution < 1.29 is 51.7 Å². The molecule has 28 heavy (non-hydrogen) atoms. The van der Waals surface area contributed by atoms with E-state index in [1.165, 1.54) is 0 Å². The number of hydrogen-bond acceptors (Lipinski definition) is 9. The van der Waals surface area contributed by atoms with Gasteiger partial charge >= 0.3 is 5.97 Å². The van der Waals surface area contributed by atoms with Crippen LogP contribution in [0.1, 0.15) is 21.5 Å². The van der Waals surface area contributed by atoms with Gasteiger partial charge in [0.15, 0.2) is 9.84 Å². The summed E-state index contributed by atoms with van der Waals surface area (Å²) in [6.07, 6.45) is 0. The molecular formula is C15H14O11S2. The van der Waals surface area contributed by atoms with E-state index in [0.29, 0.717) is 12.1 Å². The van der Waals surface area contributed by atoms with Crippen molar-refractivity contribution in [3.63, 3.8) is 0 Å². The summed E-state index contributed by atoms with van der Waals surface area (Å²) in [6.45, 7) is 0. The van der Waals surface area contributed by atoms with Crippen molar-refractivity contribution >= 4 is 25.9 Å². The van der Waals surface area contributed by atoms with Gasteiger partial charge in [0.1, 0.15) is 33.5 Å². The highest BCUT2D eigenvalue weighted by Gasteiger charge is 2.25. The lowest BCUT2D eigenvalue weighted by Crippen LogP contribution is -2.10. The van der Waals surface area contributed by atoms with E-state index < -0.39 is 76.5 Å². The molecule has 0 heterocycles. The number of aromatic carboxylic acids is 1. The Morgan fingerprint density at radius 3 is 1.93 bits per heavy atom. The Morgan fingerprint density at radius 1 is 0.821 bits per heavy atom. The highest BCUT2D eigenvalue weighted by Crippen LogP contribution is 2.34. The summed E-state index contributed by atoms with van der Waals surface area (Å²) >= 11 is 0. The number of carboxylic acid groups (broad SMARTS) is 1. The molecule has 11 nitrogen and oxygen atoms in total. The minimum absolute atomic E-state index is 0.350. The van der Waals surface area contributed by atoms with Crippen LogP contribution in [0.4, 0.5) is 0 Å². The second kappa shape index (κ2) is 7.18. The fraction of sp³-hybridized carbons (Fsp3) is 0.133. The molecule has 0 aromatic heterocycles. The Bertz CT molecular complexity index is 1160. The minimum atomic E-state index is -4.95. The third-order valence-corrected chi connectivity index (χ3v) is 5.96. The Labute approximate surface area is 158 Å². The molecule has 0 fully saturated rings. The van der Waals surface area contributed by atoms with Gasteiger partial charge in [-0.3, -0.25) is 4.55 Å². The number of phenolic OH excluding ortho intramolecular Hbond substituents is 3. The summed E-state index contributed by atoms with van der Waals surface area (Å²) in [5.41, 5.74) is -1.54. The SMILES string of the molecule is O=C(O)c1cc(O)c(CS(=O)(=O)Cc2cc(O)cc(S(=O)(=O)O)c2O)cc1O. The second-order valence-corrected chi connectivity index (χ2v) is 9.22. The van der Waals surface area contributed by atoms with Crippen LogP contribution in [0.3, 0.4) is 0 Å². The molecule has 0 radical (unpaired) electrons. The quantitative estimate of drug-likeness (QED) is 0.273. The van der Waals surface area contributed by atoms with Crippen LogP contribution in [0.15, 0.2) is 29.2 Å². The van der Waals surface area contributed by atoms with Crippen molar-refractivity contribution in [3.05, 3.63) is 41.0 Å². The summed E-state index contributed by atoms with van der Waals surface area (Å²) in [5, 5.41) is 47.7. The van der Waals surface area contributed by atoms with Gasteiger partial charge < -0.3 is 25.5 Å². The molecule has 13 heteroatoms. The number of phenols is 4. The van der Waals surface area contributed by atoms with Gasteiger partial charge in [0.05, 0.1) is 11.5 Å². The number of carbonyl (C=O) groups is 1. The van der Waals surface area contributed by atoms with E-state index in [2.05, 4.69) is 0 Å². The molecule has 0 atom stereocenters. The van der Waals surface area contributed by atoms with Crippen LogP contribution in [0.5, 0.6) is 23.0 Å². The Kier molecular flexibility index (Phi) is 5.45. The lowest BCUT2D eigenvalue weighted by molar-refractivity contribution is 0.0693.